The molecule has 1 aromatic rings. The summed E-state index contributed by atoms with van der Waals surface area (Å²) in [5.41, 5.74) is 2.15. The van der Waals surface area contributed by atoms with Gasteiger partial charge in [0.1, 0.15) is 0 Å². The molecule has 0 heterocycles. The van der Waals surface area contributed by atoms with Crippen LogP contribution in [0, 0.1) is 12.8 Å². The molecule has 0 aliphatic heterocycles. The molecule has 0 saturated heterocycles. The maximum atomic E-state index is 11.2. The quantitative estimate of drug-likeness (QED) is 0.852. The molecule has 1 aromatic carbocycles. The minimum atomic E-state index is -0.861. The molecule has 17 heavy (non-hydrogen) atoms. The number of hydrogen-bond donors (Lipinski definition) is 1. The molecule has 0 radical (unpaired) electrons. The van der Waals surface area contributed by atoms with Gasteiger partial charge in [0, 0.05) is 13.6 Å². The fourth-order valence-corrected chi connectivity index (χ4v) is 1.85. The number of nitrogens with zero attached hydrogens (tertiary/aromatic N) is 1. The first-order chi connectivity index (χ1) is 7.95. The Hall–Kier alpha value is -1.51. The van der Waals surface area contributed by atoms with Gasteiger partial charge >= 0.3 is 5.97 Å². The number of anilines is 1. The number of carboxylic acids is 1. The molecule has 3 nitrogen and oxygen atoms in total. The van der Waals surface area contributed by atoms with E-state index in [1.165, 1.54) is 0 Å². The van der Waals surface area contributed by atoms with Gasteiger partial charge in [-0.25, -0.2) is 4.79 Å². The lowest BCUT2D eigenvalue weighted by atomic mass is 10.1. The molecule has 3 heteroatoms. The van der Waals surface area contributed by atoms with Crippen LogP contribution in [0.4, 0.5) is 5.69 Å². The van der Waals surface area contributed by atoms with Crippen LogP contribution in [0.25, 0.3) is 0 Å². The maximum absolute atomic E-state index is 11.2. The summed E-state index contributed by atoms with van der Waals surface area (Å²) in [6.07, 6.45) is 1.10. The zero-order valence-corrected chi connectivity index (χ0v) is 11.0. The fourth-order valence-electron chi connectivity index (χ4n) is 1.85. The lowest BCUT2D eigenvalue weighted by molar-refractivity contribution is 0.0697. The first-order valence-electron chi connectivity index (χ1n) is 6.00. The Morgan fingerprint density at radius 2 is 2.12 bits per heavy atom. The standard InChI is InChI=1S/C14H21NO2/c1-5-10(2)9-15(4)13-7-6-11(3)8-12(13)14(16)17/h6-8,10H,5,9H2,1-4H3,(H,16,17). The fraction of sp³-hybridized carbons (Fsp3) is 0.500. The summed E-state index contributed by atoms with van der Waals surface area (Å²) in [4.78, 5) is 13.2. The van der Waals surface area contributed by atoms with Crippen LogP contribution in [0.2, 0.25) is 0 Å². The van der Waals surface area contributed by atoms with Gasteiger partial charge in [-0.3, -0.25) is 0 Å². The first-order valence-corrected chi connectivity index (χ1v) is 6.00. The van der Waals surface area contributed by atoms with E-state index in [4.69, 9.17) is 0 Å². The smallest absolute Gasteiger partial charge is 0.337 e. The minimum absolute atomic E-state index is 0.385. The molecular formula is C14H21NO2. The van der Waals surface area contributed by atoms with E-state index in [1.54, 1.807) is 6.07 Å². The summed E-state index contributed by atoms with van der Waals surface area (Å²) in [6.45, 7) is 7.10. The Bertz CT molecular complexity index is 401. The van der Waals surface area contributed by atoms with Crippen molar-refractivity contribution in [2.24, 2.45) is 5.92 Å². The number of rotatable bonds is 5. The predicted octanol–water partition coefficient (Wildman–Crippen LogP) is 3.18. The van der Waals surface area contributed by atoms with Gasteiger partial charge < -0.3 is 10.0 Å². The van der Waals surface area contributed by atoms with Crippen molar-refractivity contribution in [3.63, 3.8) is 0 Å². The van der Waals surface area contributed by atoms with Crippen molar-refractivity contribution in [1.29, 1.82) is 0 Å². The number of aromatic carboxylic acids is 1. The topological polar surface area (TPSA) is 40.5 Å². The van der Waals surface area contributed by atoms with Gasteiger partial charge in [-0.05, 0) is 25.0 Å². The van der Waals surface area contributed by atoms with E-state index < -0.39 is 5.97 Å². The highest BCUT2D eigenvalue weighted by molar-refractivity contribution is 5.94. The second-order valence-corrected chi connectivity index (χ2v) is 4.72. The highest BCUT2D eigenvalue weighted by atomic mass is 16.4. The lowest BCUT2D eigenvalue weighted by Gasteiger charge is -2.24. The zero-order valence-electron chi connectivity index (χ0n) is 11.0. The summed E-state index contributed by atoms with van der Waals surface area (Å²) < 4.78 is 0. The van der Waals surface area contributed by atoms with E-state index in [-0.39, 0.29) is 0 Å². The average molecular weight is 235 g/mol. The van der Waals surface area contributed by atoms with Crippen molar-refractivity contribution in [2.75, 3.05) is 18.5 Å². The molecule has 1 N–H and O–H groups in total. The third kappa shape index (κ3) is 3.48. The average Bonchev–Trinajstić information content (AvgIpc) is 2.28. The van der Waals surface area contributed by atoms with Crippen molar-refractivity contribution in [2.45, 2.75) is 27.2 Å². The second kappa shape index (κ2) is 5.71. The summed E-state index contributed by atoms with van der Waals surface area (Å²) in [6, 6.07) is 5.57. The molecule has 1 rings (SSSR count). The number of carbonyl (C=O) groups is 1. The minimum Gasteiger partial charge on any atom is -0.478 e. The van der Waals surface area contributed by atoms with Crippen LogP contribution in [0.1, 0.15) is 36.2 Å². The molecule has 0 aliphatic carbocycles. The Kier molecular flexibility index (Phi) is 4.55. The summed E-state index contributed by atoms with van der Waals surface area (Å²) in [5, 5.41) is 9.20. The Labute approximate surface area is 103 Å². The molecule has 1 unspecified atom stereocenters. The third-order valence-corrected chi connectivity index (χ3v) is 3.08. The molecule has 0 saturated carbocycles. The Balaban J connectivity index is 3.00. The van der Waals surface area contributed by atoms with Gasteiger partial charge in [-0.2, -0.15) is 0 Å². The van der Waals surface area contributed by atoms with Crippen LogP contribution < -0.4 is 4.90 Å². The predicted molar refractivity (Wildman–Crippen MR) is 70.9 cm³/mol. The Morgan fingerprint density at radius 3 is 2.65 bits per heavy atom. The van der Waals surface area contributed by atoms with Gasteiger partial charge in [0.05, 0.1) is 11.3 Å². The monoisotopic (exact) mass is 235 g/mol. The maximum Gasteiger partial charge on any atom is 0.337 e. The van der Waals surface area contributed by atoms with Crippen LogP contribution in [0.5, 0.6) is 0 Å². The van der Waals surface area contributed by atoms with E-state index in [9.17, 15) is 9.90 Å². The molecule has 0 aliphatic rings. The van der Waals surface area contributed by atoms with E-state index in [1.807, 2.05) is 31.0 Å². The van der Waals surface area contributed by atoms with Crippen molar-refractivity contribution < 1.29 is 9.90 Å². The molecular weight excluding hydrogens is 214 g/mol. The largest absolute Gasteiger partial charge is 0.478 e. The number of hydrogen-bond acceptors (Lipinski definition) is 2. The molecule has 0 fully saturated rings. The van der Waals surface area contributed by atoms with E-state index in [0.717, 1.165) is 24.2 Å². The van der Waals surface area contributed by atoms with Gasteiger partial charge in [-0.1, -0.05) is 31.9 Å². The summed E-state index contributed by atoms with van der Waals surface area (Å²) >= 11 is 0. The molecule has 0 spiro atoms. The zero-order chi connectivity index (χ0) is 13.0. The Morgan fingerprint density at radius 1 is 1.47 bits per heavy atom. The lowest BCUT2D eigenvalue weighted by Crippen LogP contribution is -2.25. The SMILES string of the molecule is CCC(C)CN(C)c1ccc(C)cc1C(=O)O. The first kappa shape index (κ1) is 13.6. The summed E-state index contributed by atoms with van der Waals surface area (Å²) in [5.74, 6) is -0.303. The van der Waals surface area contributed by atoms with Gasteiger partial charge in [0.15, 0.2) is 0 Å². The molecule has 0 amide bonds. The number of carboxylic acid groups (broad SMARTS) is 1. The van der Waals surface area contributed by atoms with Crippen molar-refractivity contribution >= 4 is 11.7 Å². The normalized spacial score (nSPS) is 12.2. The highest BCUT2D eigenvalue weighted by Crippen LogP contribution is 2.22. The van der Waals surface area contributed by atoms with Crippen LogP contribution in [0.3, 0.4) is 0 Å². The highest BCUT2D eigenvalue weighted by Gasteiger charge is 2.14. The second-order valence-electron chi connectivity index (χ2n) is 4.72. The molecule has 0 bridgehead atoms. The van der Waals surface area contributed by atoms with E-state index in [0.29, 0.717) is 11.5 Å². The van der Waals surface area contributed by atoms with Crippen LogP contribution in [-0.4, -0.2) is 24.7 Å². The van der Waals surface area contributed by atoms with Crippen LogP contribution in [-0.2, 0) is 0 Å². The van der Waals surface area contributed by atoms with Crippen LogP contribution >= 0.6 is 0 Å². The number of benzene rings is 1. The summed E-state index contributed by atoms with van der Waals surface area (Å²) in [7, 11) is 1.95. The van der Waals surface area contributed by atoms with Crippen molar-refractivity contribution in [1.82, 2.24) is 0 Å². The van der Waals surface area contributed by atoms with E-state index >= 15 is 0 Å². The number of aryl methyl sites for hydroxylation is 1. The van der Waals surface area contributed by atoms with Crippen molar-refractivity contribution in [3.05, 3.63) is 29.3 Å². The van der Waals surface area contributed by atoms with Crippen molar-refractivity contribution in [3.8, 4) is 0 Å². The molecule has 94 valence electrons. The van der Waals surface area contributed by atoms with Crippen LogP contribution in [0.15, 0.2) is 18.2 Å². The van der Waals surface area contributed by atoms with Gasteiger partial charge in [-0.15, -0.1) is 0 Å². The third-order valence-electron chi connectivity index (χ3n) is 3.08. The molecule has 0 aromatic heterocycles. The van der Waals surface area contributed by atoms with E-state index in [2.05, 4.69) is 13.8 Å². The van der Waals surface area contributed by atoms with Gasteiger partial charge in [0.25, 0.3) is 0 Å². The van der Waals surface area contributed by atoms with Gasteiger partial charge in [0.2, 0.25) is 0 Å². The molecule has 1 atom stereocenters.